The van der Waals surface area contributed by atoms with E-state index in [9.17, 15) is 0 Å². The molecule has 0 rings (SSSR count). The van der Waals surface area contributed by atoms with Crippen LogP contribution in [-0.4, -0.2) is 49.9 Å². The van der Waals surface area contributed by atoms with Crippen LogP contribution in [0.4, 0.5) is 0 Å². The number of hydrogen-bond acceptors (Lipinski definition) is 5. The predicted molar refractivity (Wildman–Crippen MR) is 75.8 cm³/mol. The monoisotopic (exact) mass is 276 g/mol. The van der Waals surface area contributed by atoms with Crippen molar-refractivity contribution in [3.05, 3.63) is 23.7 Å². The second kappa shape index (κ2) is 17.1. The molecule has 0 fully saturated rings. The maximum Gasteiger partial charge on any atom is 0.0962 e. The van der Waals surface area contributed by atoms with Crippen LogP contribution >= 0.6 is 0 Å². The molecular formula is C14H28O5. The summed E-state index contributed by atoms with van der Waals surface area (Å²) in [6.45, 7) is 9.52. The normalized spacial score (nSPS) is 11.9. The molecule has 0 aliphatic carbocycles. The van der Waals surface area contributed by atoms with E-state index in [2.05, 4.69) is 0 Å². The molecular weight excluding hydrogens is 248 g/mol. The van der Waals surface area contributed by atoms with E-state index >= 15 is 0 Å². The molecule has 0 saturated carbocycles. The van der Waals surface area contributed by atoms with Crippen molar-refractivity contribution in [3.63, 3.8) is 0 Å². The minimum Gasteiger partial charge on any atom is -0.467 e. The SMILES string of the molecule is CC=C(C)OC(C)=CC.OCCOCCOCCO. The van der Waals surface area contributed by atoms with Gasteiger partial charge >= 0.3 is 0 Å². The highest BCUT2D eigenvalue weighted by molar-refractivity contribution is 4.94. The van der Waals surface area contributed by atoms with Crippen molar-refractivity contribution in [1.82, 2.24) is 0 Å². The summed E-state index contributed by atoms with van der Waals surface area (Å²) in [4.78, 5) is 0. The van der Waals surface area contributed by atoms with Gasteiger partial charge in [0.2, 0.25) is 0 Å². The number of rotatable bonds is 9. The van der Waals surface area contributed by atoms with Gasteiger partial charge in [0, 0.05) is 0 Å². The standard InChI is InChI=1S/C8H14O.C6H14O4/c1-5-7(3)9-8(4)6-2;7-1-3-9-5-6-10-4-2-8/h5-6H,1-4H3;7-8H,1-6H2. The van der Waals surface area contributed by atoms with Gasteiger partial charge in [0.15, 0.2) is 0 Å². The maximum absolute atomic E-state index is 8.26. The molecule has 0 unspecified atom stereocenters. The van der Waals surface area contributed by atoms with E-state index in [4.69, 9.17) is 24.4 Å². The first-order chi connectivity index (χ1) is 9.12. The van der Waals surface area contributed by atoms with Gasteiger partial charge in [-0.25, -0.2) is 0 Å². The minimum atomic E-state index is 0.0417. The molecule has 0 aromatic rings. The summed E-state index contributed by atoms with van der Waals surface area (Å²) in [6.07, 6.45) is 3.88. The summed E-state index contributed by atoms with van der Waals surface area (Å²) in [5.41, 5.74) is 0. The maximum atomic E-state index is 8.26. The van der Waals surface area contributed by atoms with Crippen molar-refractivity contribution < 1.29 is 24.4 Å². The van der Waals surface area contributed by atoms with Crippen LogP contribution in [0.5, 0.6) is 0 Å². The summed E-state index contributed by atoms with van der Waals surface area (Å²) < 4.78 is 15.0. The van der Waals surface area contributed by atoms with Gasteiger partial charge in [0.1, 0.15) is 0 Å². The first-order valence-electron chi connectivity index (χ1n) is 6.43. The van der Waals surface area contributed by atoms with E-state index in [1.54, 1.807) is 0 Å². The molecule has 0 aliphatic heterocycles. The van der Waals surface area contributed by atoms with Crippen molar-refractivity contribution in [2.75, 3.05) is 39.6 Å². The van der Waals surface area contributed by atoms with Crippen LogP contribution in [0.2, 0.25) is 0 Å². The molecule has 0 radical (unpaired) electrons. The van der Waals surface area contributed by atoms with Gasteiger partial charge in [-0.2, -0.15) is 0 Å². The Hall–Kier alpha value is -0.880. The Labute approximate surface area is 116 Å². The van der Waals surface area contributed by atoms with Crippen molar-refractivity contribution in [1.29, 1.82) is 0 Å². The summed E-state index contributed by atoms with van der Waals surface area (Å²) in [6, 6.07) is 0. The fourth-order valence-corrected chi connectivity index (χ4v) is 0.823. The highest BCUT2D eigenvalue weighted by atomic mass is 16.5. The average molecular weight is 276 g/mol. The van der Waals surface area contributed by atoms with E-state index < -0.39 is 0 Å². The minimum absolute atomic E-state index is 0.0417. The zero-order chi connectivity index (χ0) is 14.9. The summed E-state index contributed by atoms with van der Waals surface area (Å²) in [5.74, 6) is 1.90. The Morgan fingerprint density at radius 3 is 1.42 bits per heavy atom. The third kappa shape index (κ3) is 19.6. The van der Waals surface area contributed by atoms with Gasteiger partial charge in [0.25, 0.3) is 0 Å². The highest BCUT2D eigenvalue weighted by Crippen LogP contribution is 2.03. The second-order valence-corrected chi connectivity index (χ2v) is 3.57. The first kappa shape index (κ1) is 20.4. The second-order valence-electron chi connectivity index (χ2n) is 3.57. The molecule has 5 nitrogen and oxygen atoms in total. The Bertz CT molecular complexity index is 212. The van der Waals surface area contributed by atoms with E-state index in [0.717, 1.165) is 11.5 Å². The summed E-state index contributed by atoms with van der Waals surface area (Å²) >= 11 is 0. The van der Waals surface area contributed by atoms with Crippen LogP contribution in [0, 0.1) is 0 Å². The van der Waals surface area contributed by atoms with Crippen LogP contribution in [0.3, 0.4) is 0 Å². The van der Waals surface area contributed by atoms with E-state index in [0.29, 0.717) is 26.4 Å². The molecule has 0 spiro atoms. The average Bonchev–Trinajstić information content (AvgIpc) is 2.43. The van der Waals surface area contributed by atoms with Crippen LogP contribution in [0.25, 0.3) is 0 Å². The van der Waals surface area contributed by atoms with Crippen molar-refractivity contribution in [2.45, 2.75) is 27.7 Å². The third-order valence-electron chi connectivity index (χ3n) is 1.98. The Morgan fingerprint density at radius 1 is 0.789 bits per heavy atom. The van der Waals surface area contributed by atoms with Crippen LogP contribution in [0.1, 0.15) is 27.7 Å². The third-order valence-corrected chi connectivity index (χ3v) is 1.98. The molecule has 0 aliphatic rings. The van der Waals surface area contributed by atoms with Crippen molar-refractivity contribution in [3.8, 4) is 0 Å². The molecule has 19 heavy (non-hydrogen) atoms. The van der Waals surface area contributed by atoms with Crippen molar-refractivity contribution >= 4 is 0 Å². The molecule has 5 heteroatoms. The fraction of sp³-hybridized carbons (Fsp3) is 0.714. The number of ether oxygens (including phenoxy) is 3. The molecule has 0 aromatic heterocycles. The number of aliphatic hydroxyl groups is 2. The molecule has 0 bridgehead atoms. The molecule has 0 saturated heterocycles. The molecule has 0 heterocycles. The van der Waals surface area contributed by atoms with Gasteiger partial charge in [-0.1, -0.05) is 0 Å². The Kier molecular flexibility index (Phi) is 18.4. The van der Waals surface area contributed by atoms with E-state index in [-0.39, 0.29) is 13.2 Å². The van der Waals surface area contributed by atoms with Crippen LogP contribution < -0.4 is 0 Å². The fourth-order valence-electron chi connectivity index (χ4n) is 0.823. The zero-order valence-electron chi connectivity index (χ0n) is 12.5. The van der Waals surface area contributed by atoms with Gasteiger partial charge in [-0.05, 0) is 39.8 Å². The lowest BCUT2D eigenvalue weighted by molar-refractivity contribution is 0.0222. The highest BCUT2D eigenvalue weighted by Gasteiger charge is 1.87. The van der Waals surface area contributed by atoms with Gasteiger partial charge in [-0.3, -0.25) is 0 Å². The molecule has 0 amide bonds. The number of hydrogen-bond donors (Lipinski definition) is 2. The number of aliphatic hydroxyl groups excluding tert-OH is 2. The Morgan fingerprint density at radius 2 is 1.16 bits per heavy atom. The summed E-state index contributed by atoms with van der Waals surface area (Å²) in [7, 11) is 0. The molecule has 114 valence electrons. The van der Waals surface area contributed by atoms with E-state index in [1.807, 2.05) is 39.8 Å². The molecule has 2 N–H and O–H groups in total. The lowest BCUT2D eigenvalue weighted by Crippen LogP contribution is -2.09. The van der Waals surface area contributed by atoms with Gasteiger partial charge in [-0.15, -0.1) is 0 Å². The Balaban J connectivity index is 0. The first-order valence-corrected chi connectivity index (χ1v) is 6.43. The largest absolute Gasteiger partial charge is 0.467 e. The number of allylic oxidation sites excluding steroid dienone is 4. The van der Waals surface area contributed by atoms with E-state index in [1.165, 1.54) is 0 Å². The molecule has 0 atom stereocenters. The topological polar surface area (TPSA) is 68.2 Å². The van der Waals surface area contributed by atoms with Gasteiger partial charge in [0.05, 0.1) is 51.2 Å². The zero-order valence-corrected chi connectivity index (χ0v) is 12.5. The van der Waals surface area contributed by atoms with Crippen molar-refractivity contribution in [2.24, 2.45) is 0 Å². The lowest BCUT2D eigenvalue weighted by Gasteiger charge is -2.02. The quantitative estimate of drug-likeness (QED) is 0.497. The lowest BCUT2D eigenvalue weighted by atomic mass is 10.5. The molecule has 0 aromatic carbocycles. The predicted octanol–water partition coefficient (Wildman–Crippen LogP) is 1.85. The van der Waals surface area contributed by atoms with Gasteiger partial charge < -0.3 is 24.4 Å². The summed E-state index contributed by atoms with van der Waals surface area (Å²) in [5, 5.41) is 16.5. The smallest absolute Gasteiger partial charge is 0.0962 e. The van der Waals surface area contributed by atoms with Crippen LogP contribution in [0.15, 0.2) is 23.7 Å². The van der Waals surface area contributed by atoms with Crippen LogP contribution in [-0.2, 0) is 14.2 Å².